The van der Waals surface area contributed by atoms with Crippen molar-refractivity contribution in [1.29, 1.82) is 0 Å². The van der Waals surface area contributed by atoms with Crippen LogP contribution in [0.15, 0.2) is 42.5 Å². The van der Waals surface area contributed by atoms with Crippen molar-refractivity contribution in [2.75, 3.05) is 5.32 Å². The van der Waals surface area contributed by atoms with E-state index in [1.54, 1.807) is 18.2 Å². The highest BCUT2D eigenvalue weighted by molar-refractivity contribution is 6.33. The Labute approximate surface area is 119 Å². The lowest BCUT2D eigenvalue weighted by molar-refractivity contribution is 0.0699. The van der Waals surface area contributed by atoms with Crippen molar-refractivity contribution in [3.05, 3.63) is 53.1 Å². The number of hydrogen-bond donors (Lipinski definition) is 3. The highest BCUT2D eigenvalue weighted by Gasteiger charge is 2.12. The number of benzene rings is 2. The van der Waals surface area contributed by atoms with Crippen molar-refractivity contribution < 1.29 is 9.90 Å². The molecular weight excluding hydrogens is 278 g/mol. The minimum Gasteiger partial charge on any atom is -0.478 e. The molecule has 5 nitrogen and oxygen atoms in total. The minimum atomic E-state index is -1.01. The van der Waals surface area contributed by atoms with Gasteiger partial charge in [0, 0.05) is 0 Å². The van der Waals surface area contributed by atoms with Crippen molar-refractivity contribution in [1.82, 2.24) is 9.97 Å². The molecule has 3 N–H and O–H groups in total. The fourth-order valence-electron chi connectivity index (χ4n) is 1.95. The van der Waals surface area contributed by atoms with Gasteiger partial charge in [-0.15, -0.1) is 0 Å². The number of fused-ring (bicyclic) bond motifs is 1. The molecule has 0 fully saturated rings. The molecule has 20 heavy (non-hydrogen) atoms. The normalized spacial score (nSPS) is 10.7. The molecule has 1 heterocycles. The number of hydrogen-bond acceptors (Lipinski definition) is 3. The molecule has 0 unspecified atom stereocenters. The fraction of sp³-hybridized carbons (Fsp3) is 0. The van der Waals surface area contributed by atoms with Crippen molar-refractivity contribution >= 4 is 40.2 Å². The zero-order valence-electron chi connectivity index (χ0n) is 10.2. The summed E-state index contributed by atoms with van der Waals surface area (Å²) in [5.74, 6) is -0.562. The number of aromatic amines is 1. The van der Waals surface area contributed by atoms with Gasteiger partial charge in [-0.05, 0) is 24.3 Å². The molecule has 0 aliphatic heterocycles. The Kier molecular flexibility index (Phi) is 3.04. The molecule has 0 bridgehead atoms. The third-order valence-corrected chi connectivity index (χ3v) is 3.20. The Hall–Kier alpha value is -2.53. The van der Waals surface area contributed by atoms with Crippen LogP contribution >= 0.6 is 11.6 Å². The minimum absolute atomic E-state index is 0.158. The average molecular weight is 288 g/mol. The Morgan fingerprint density at radius 2 is 2.00 bits per heavy atom. The van der Waals surface area contributed by atoms with Gasteiger partial charge in [0.15, 0.2) is 0 Å². The molecular formula is C14H10ClN3O2. The first kappa shape index (κ1) is 12.5. The van der Waals surface area contributed by atoms with Crippen LogP contribution in [0, 0.1) is 0 Å². The summed E-state index contributed by atoms with van der Waals surface area (Å²) in [6, 6.07) is 12.2. The van der Waals surface area contributed by atoms with E-state index in [0.29, 0.717) is 27.7 Å². The lowest BCUT2D eigenvalue weighted by Gasteiger charge is -2.03. The average Bonchev–Trinajstić information content (AvgIpc) is 2.83. The van der Waals surface area contributed by atoms with Crippen molar-refractivity contribution in [3.63, 3.8) is 0 Å². The maximum absolute atomic E-state index is 11.1. The van der Waals surface area contributed by atoms with E-state index in [2.05, 4.69) is 15.3 Å². The van der Waals surface area contributed by atoms with Gasteiger partial charge >= 0.3 is 5.97 Å². The summed E-state index contributed by atoms with van der Waals surface area (Å²) in [5.41, 5.74) is 1.92. The Morgan fingerprint density at radius 3 is 2.75 bits per heavy atom. The number of para-hydroxylation sites is 2. The predicted molar refractivity (Wildman–Crippen MR) is 77.8 cm³/mol. The zero-order chi connectivity index (χ0) is 14.1. The highest BCUT2D eigenvalue weighted by atomic mass is 35.5. The van der Waals surface area contributed by atoms with E-state index in [1.165, 1.54) is 6.07 Å². The number of nitrogens with zero attached hydrogens (tertiary/aromatic N) is 1. The third-order valence-electron chi connectivity index (χ3n) is 2.87. The predicted octanol–water partition coefficient (Wildman–Crippen LogP) is 3.66. The number of aromatic nitrogens is 2. The van der Waals surface area contributed by atoms with Crippen LogP contribution in [-0.2, 0) is 0 Å². The highest BCUT2D eigenvalue weighted by Crippen LogP contribution is 2.25. The zero-order valence-corrected chi connectivity index (χ0v) is 11.0. The van der Waals surface area contributed by atoms with E-state index in [1.807, 2.05) is 18.2 Å². The molecule has 0 atom stereocenters. The van der Waals surface area contributed by atoms with Crippen LogP contribution in [0.1, 0.15) is 10.4 Å². The molecule has 1 aromatic heterocycles. The number of nitrogens with one attached hydrogen (secondary N) is 2. The summed E-state index contributed by atoms with van der Waals surface area (Å²) < 4.78 is 0. The summed E-state index contributed by atoms with van der Waals surface area (Å²) >= 11 is 6.06. The van der Waals surface area contributed by atoms with E-state index < -0.39 is 5.97 Å². The fourth-order valence-corrected chi connectivity index (χ4v) is 2.14. The van der Waals surface area contributed by atoms with Crippen LogP contribution in [0.25, 0.3) is 11.0 Å². The smallest absolute Gasteiger partial charge is 0.337 e. The van der Waals surface area contributed by atoms with Gasteiger partial charge in [0.2, 0.25) is 5.95 Å². The molecule has 0 amide bonds. The Morgan fingerprint density at radius 1 is 1.20 bits per heavy atom. The number of carboxylic acid groups (broad SMARTS) is 1. The molecule has 3 aromatic rings. The van der Waals surface area contributed by atoms with Gasteiger partial charge in [-0.3, -0.25) is 0 Å². The first-order valence-corrected chi connectivity index (χ1v) is 6.26. The van der Waals surface area contributed by atoms with E-state index in [4.69, 9.17) is 16.7 Å². The second kappa shape index (κ2) is 4.86. The largest absolute Gasteiger partial charge is 0.478 e. The first-order chi connectivity index (χ1) is 9.65. The number of rotatable bonds is 3. The number of H-pyrrole nitrogens is 1. The summed E-state index contributed by atoms with van der Waals surface area (Å²) in [7, 11) is 0. The third kappa shape index (κ3) is 2.19. The number of anilines is 2. The maximum atomic E-state index is 11.1. The Balaban J connectivity index is 2.04. The topological polar surface area (TPSA) is 78.0 Å². The summed E-state index contributed by atoms with van der Waals surface area (Å²) in [4.78, 5) is 18.4. The number of carbonyl (C=O) groups is 1. The van der Waals surface area contributed by atoms with E-state index in [9.17, 15) is 4.79 Å². The van der Waals surface area contributed by atoms with E-state index >= 15 is 0 Å². The van der Waals surface area contributed by atoms with Gasteiger partial charge < -0.3 is 15.4 Å². The SMILES string of the molecule is O=C(O)c1cccc2[nH]c(Nc3ccccc3Cl)nc12. The second-order valence-corrected chi connectivity index (χ2v) is 4.60. The lowest BCUT2D eigenvalue weighted by Crippen LogP contribution is -1.97. The number of aromatic carboxylic acids is 1. The molecule has 0 radical (unpaired) electrons. The monoisotopic (exact) mass is 287 g/mol. The standard InChI is InChI=1S/C14H10ClN3O2/c15-9-5-1-2-6-10(9)16-14-17-11-7-3-4-8(13(19)20)12(11)18-14/h1-7H,(H,19,20)(H2,16,17,18). The van der Waals surface area contributed by atoms with Gasteiger partial charge in [-0.1, -0.05) is 29.8 Å². The van der Waals surface area contributed by atoms with Crippen molar-refractivity contribution in [3.8, 4) is 0 Å². The van der Waals surface area contributed by atoms with Crippen LogP contribution in [0.2, 0.25) is 5.02 Å². The van der Waals surface area contributed by atoms with Gasteiger partial charge in [0.25, 0.3) is 0 Å². The number of halogens is 1. The van der Waals surface area contributed by atoms with Gasteiger partial charge in [-0.2, -0.15) is 0 Å². The Bertz CT molecular complexity index is 798. The summed E-state index contributed by atoms with van der Waals surface area (Å²) in [6.45, 7) is 0. The van der Waals surface area contributed by atoms with Gasteiger partial charge in [-0.25, -0.2) is 9.78 Å². The van der Waals surface area contributed by atoms with Crippen molar-refractivity contribution in [2.45, 2.75) is 0 Å². The maximum Gasteiger partial charge on any atom is 0.337 e. The van der Waals surface area contributed by atoms with Crippen LogP contribution in [0.3, 0.4) is 0 Å². The molecule has 6 heteroatoms. The van der Waals surface area contributed by atoms with Crippen LogP contribution in [0.5, 0.6) is 0 Å². The van der Waals surface area contributed by atoms with E-state index in [0.717, 1.165) is 0 Å². The molecule has 3 rings (SSSR count). The molecule has 0 aliphatic carbocycles. The number of carboxylic acids is 1. The lowest BCUT2D eigenvalue weighted by atomic mass is 10.2. The summed E-state index contributed by atoms with van der Waals surface area (Å²) in [5, 5.41) is 12.7. The first-order valence-electron chi connectivity index (χ1n) is 5.89. The second-order valence-electron chi connectivity index (χ2n) is 4.20. The van der Waals surface area contributed by atoms with Crippen LogP contribution in [-0.4, -0.2) is 21.0 Å². The van der Waals surface area contributed by atoms with Crippen molar-refractivity contribution in [2.24, 2.45) is 0 Å². The molecule has 0 saturated carbocycles. The van der Waals surface area contributed by atoms with E-state index in [-0.39, 0.29) is 5.56 Å². The molecule has 2 aromatic carbocycles. The molecule has 0 saturated heterocycles. The van der Waals surface area contributed by atoms with Gasteiger partial charge in [0.05, 0.1) is 21.8 Å². The number of imidazole rings is 1. The van der Waals surface area contributed by atoms with Crippen LogP contribution in [0.4, 0.5) is 11.6 Å². The molecule has 0 aliphatic rings. The van der Waals surface area contributed by atoms with Crippen LogP contribution < -0.4 is 5.32 Å². The quantitative estimate of drug-likeness (QED) is 0.687. The summed E-state index contributed by atoms with van der Waals surface area (Å²) in [6.07, 6.45) is 0. The van der Waals surface area contributed by atoms with Gasteiger partial charge in [0.1, 0.15) is 5.52 Å². The molecule has 100 valence electrons. The molecule has 0 spiro atoms.